The summed E-state index contributed by atoms with van der Waals surface area (Å²) in [4.78, 5) is 0.354. The number of aliphatic hydroxyl groups excluding tert-OH is 1. The second kappa shape index (κ2) is 5.23. The predicted octanol–water partition coefficient (Wildman–Crippen LogP) is 1.69. The standard InChI is InChI=1S/C14H21NO3S/c1-10-4-11(2)6-14(5-10)19(17,18)15(3)9-12-7-13(16)8-12/h4-6,12-13,16H,7-9H2,1-3H3. The van der Waals surface area contributed by atoms with Gasteiger partial charge in [0, 0.05) is 13.6 Å². The third-order valence-corrected chi connectivity index (χ3v) is 5.43. The SMILES string of the molecule is Cc1cc(C)cc(S(=O)(=O)N(C)CC2CC(O)C2)c1. The van der Waals surface area contributed by atoms with E-state index < -0.39 is 10.0 Å². The zero-order chi connectivity index (χ0) is 14.2. The average Bonchev–Trinajstić information content (AvgIpc) is 2.25. The fourth-order valence-corrected chi connectivity index (χ4v) is 4.01. The lowest BCUT2D eigenvalue weighted by molar-refractivity contribution is 0.0367. The summed E-state index contributed by atoms with van der Waals surface area (Å²) in [6, 6.07) is 5.37. The Morgan fingerprint density at radius 1 is 1.21 bits per heavy atom. The smallest absolute Gasteiger partial charge is 0.242 e. The van der Waals surface area contributed by atoms with Crippen molar-refractivity contribution in [2.45, 2.75) is 37.7 Å². The van der Waals surface area contributed by atoms with Gasteiger partial charge in [0.05, 0.1) is 11.0 Å². The molecule has 1 aliphatic carbocycles. The monoisotopic (exact) mass is 283 g/mol. The number of hydrogen-bond donors (Lipinski definition) is 1. The van der Waals surface area contributed by atoms with Crippen molar-refractivity contribution in [2.75, 3.05) is 13.6 Å². The van der Waals surface area contributed by atoms with E-state index >= 15 is 0 Å². The Hall–Kier alpha value is -0.910. The van der Waals surface area contributed by atoms with Gasteiger partial charge < -0.3 is 5.11 Å². The van der Waals surface area contributed by atoms with Crippen molar-refractivity contribution in [2.24, 2.45) is 5.92 Å². The van der Waals surface area contributed by atoms with E-state index in [1.807, 2.05) is 19.9 Å². The van der Waals surface area contributed by atoms with Crippen LogP contribution in [0.4, 0.5) is 0 Å². The van der Waals surface area contributed by atoms with E-state index in [4.69, 9.17) is 0 Å². The molecule has 0 unspecified atom stereocenters. The van der Waals surface area contributed by atoms with Crippen LogP contribution in [-0.2, 0) is 10.0 Å². The molecule has 1 aromatic rings. The van der Waals surface area contributed by atoms with Gasteiger partial charge in [0.25, 0.3) is 0 Å². The lowest BCUT2D eigenvalue weighted by atomic mass is 9.82. The van der Waals surface area contributed by atoms with Crippen molar-refractivity contribution in [3.05, 3.63) is 29.3 Å². The molecule has 0 heterocycles. The molecule has 1 saturated carbocycles. The molecule has 1 N–H and O–H groups in total. The number of benzene rings is 1. The summed E-state index contributed by atoms with van der Waals surface area (Å²) in [5.74, 6) is 0.278. The summed E-state index contributed by atoms with van der Waals surface area (Å²) in [5.41, 5.74) is 1.90. The fourth-order valence-electron chi connectivity index (χ4n) is 2.57. The minimum Gasteiger partial charge on any atom is -0.393 e. The lowest BCUT2D eigenvalue weighted by Gasteiger charge is -2.34. The van der Waals surface area contributed by atoms with Gasteiger partial charge in [0.15, 0.2) is 0 Å². The zero-order valence-corrected chi connectivity index (χ0v) is 12.4. The highest BCUT2D eigenvalue weighted by atomic mass is 32.2. The molecule has 5 heteroatoms. The summed E-state index contributed by atoms with van der Waals surface area (Å²) < 4.78 is 26.3. The van der Waals surface area contributed by atoms with Crippen LogP contribution in [0.5, 0.6) is 0 Å². The molecular weight excluding hydrogens is 262 g/mol. The third kappa shape index (κ3) is 3.16. The third-order valence-electron chi connectivity index (χ3n) is 3.63. The van der Waals surface area contributed by atoms with Crippen LogP contribution in [0.2, 0.25) is 0 Å². The quantitative estimate of drug-likeness (QED) is 0.915. The van der Waals surface area contributed by atoms with E-state index in [0.717, 1.165) is 11.1 Å². The van der Waals surface area contributed by atoms with E-state index in [9.17, 15) is 13.5 Å². The molecule has 0 aliphatic heterocycles. The Balaban J connectivity index is 2.16. The summed E-state index contributed by atoms with van der Waals surface area (Å²) in [6.45, 7) is 4.27. The Kier molecular flexibility index (Phi) is 3.99. The molecule has 106 valence electrons. The maximum atomic E-state index is 12.5. The Morgan fingerprint density at radius 2 is 1.74 bits per heavy atom. The highest BCUT2D eigenvalue weighted by molar-refractivity contribution is 7.89. The molecule has 0 aromatic heterocycles. The van der Waals surface area contributed by atoms with Crippen molar-refractivity contribution >= 4 is 10.0 Å². The maximum absolute atomic E-state index is 12.5. The second-order valence-corrected chi connectivity index (χ2v) is 7.65. The van der Waals surface area contributed by atoms with E-state index in [1.165, 1.54) is 4.31 Å². The molecule has 1 aliphatic rings. The van der Waals surface area contributed by atoms with Crippen LogP contribution in [-0.4, -0.2) is 37.5 Å². The van der Waals surface area contributed by atoms with Gasteiger partial charge in [-0.15, -0.1) is 0 Å². The van der Waals surface area contributed by atoms with E-state index in [0.29, 0.717) is 24.3 Å². The van der Waals surface area contributed by atoms with E-state index in [-0.39, 0.29) is 12.0 Å². The van der Waals surface area contributed by atoms with Crippen LogP contribution < -0.4 is 0 Å². The van der Waals surface area contributed by atoms with Crippen molar-refractivity contribution in [3.8, 4) is 0 Å². The second-order valence-electron chi connectivity index (χ2n) is 5.60. The molecule has 2 rings (SSSR count). The van der Waals surface area contributed by atoms with Crippen LogP contribution in [0.3, 0.4) is 0 Å². The van der Waals surface area contributed by atoms with Gasteiger partial charge in [-0.2, -0.15) is 0 Å². The molecule has 0 bridgehead atoms. The summed E-state index contributed by atoms with van der Waals surface area (Å²) in [7, 11) is -1.81. The first kappa shape index (κ1) is 14.5. The van der Waals surface area contributed by atoms with Crippen LogP contribution in [0, 0.1) is 19.8 Å². The lowest BCUT2D eigenvalue weighted by Crippen LogP contribution is -2.39. The number of rotatable bonds is 4. The van der Waals surface area contributed by atoms with Gasteiger partial charge in [-0.05, 0) is 55.9 Å². The minimum atomic E-state index is -3.42. The fraction of sp³-hybridized carbons (Fsp3) is 0.571. The number of nitrogens with zero attached hydrogens (tertiary/aromatic N) is 1. The Bertz CT molecular complexity index is 542. The molecule has 0 radical (unpaired) electrons. The van der Waals surface area contributed by atoms with Gasteiger partial charge in [0.1, 0.15) is 0 Å². The summed E-state index contributed by atoms with van der Waals surface area (Å²) >= 11 is 0. The van der Waals surface area contributed by atoms with Crippen molar-refractivity contribution in [3.63, 3.8) is 0 Å². The van der Waals surface area contributed by atoms with Gasteiger partial charge in [-0.25, -0.2) is 12.7 Å². The normalized spacial score (nSPS) is 23.4. The largest absolute Gasteiger partial charge is 0.393 e. The first-order chi connectivity index (χ1) is 8.79. The molecular formula is C14H21NO3S. The van der Waals surface area contributed by atoms with Crippen molar-refractivity contribution in [1.29, 1.82) is 0 Å². The van der Waals surface area contributed by atoms with Crippen LogP contribution in [0.1, 0.15) is 24.0 Å². The van der Waals surface area contributed by atoms with Crippen LogP contribution in [0.15, 0.2) is 23.1 Å². The minimum absolute atomic E-state index is 0.248. The zero-order valence-electron chi connectivity index (χ0n) is 11.6. The van der Waals surface area contributed by atoms with Gasteiger partial charge in [-0.1, -0.05) is 6.07 Å². The molecule has 19 heavy (non-hydrogen) atoms. The van der Waals surface area contributed by atoms with Crippen LogP contribution in [0.25, 0.3) is 0 Å². The van der Waals surface area contributed by atoms with E-state index in [1.54, 1.807) is 19.2 Å². The molecule has 1 aromatic carbocycles. The molecule has 4 nitrogen and oxygen atoms in total. The predicted molar refractivity (Wildman–Crippen MR) is 74.5 cm³/mol. The van der Waals surface area contributed by atoms with E-state index in [2.05, 4.69) is 0 Å². The van der Waals surface area contributed by atoms with Crippen molar-refractivity contribution in [1.82, 2.24) is 4.31 Å². The van der Waals surface area contributed by atoms with Gasteiger partial charge in [0.2, 0.25) is 10.0 Å². The van der Waals surface area contributed by atoms with Crippen LogP contribution >= 0.6 is 0 Å². The van der Waals surface area contributed by atoms with Gasteiger partial charge in [-0.3, -0.25) is 0 Å². The maximum Gasteiger partial charge on any atom is 0.242 e. The highest BCUT2D eigenvalue weighted by Crippen LogP contribution is 2.29. The molecule has 1 fully saturated rings. The first-order valence-corrected chi connectivity index (χ1v) is 7.96. The Labute approximate surface area is 115 Å². The van der Waals surface area contributed by atoms with Crippen molar-refractivity contribution < 1.29 is 13.5 Å². The van der Waals surface area contributed by atoms with Gasteiger partial charge >= 0.3 is 0 Å². The number of aliphatic hydroxyl groups is 1. The molecule has 0 amide bonds. The number of aryl methyl sites for hydroxylation is 2. The molecule has 0 spiro atoms. The molecule has 0 saturated heterocycles. The topological polar surface area (TPSA) is 57.6 Å². The average molecular weight is 283 g/mol. The highest BCUT2D eigenvalue weighted by Gasteiger charge is 2.31. The first-order valence-electron chi connectivity index (χ1n) is 6.51. The summed E-state index contributed by atoms with van der Waals surface area (Å²) in [6.07, 6.45) is 1.15. The summed E-state index contributed by atoms with van der Waals surface area (Å²) in [5, 5.41) is 9.26. The number of hydrogen-bond acceptors (Lipinski definition) is 3. The molecule has 0 atom stereocenters. The number of sulfonamides is 1. The Morgan fingerprint density at radius 3 is 2.21 bits per heavy atom.